The Hall–Kier alpha value is -3.42. The lowest BCUT2D eigenvalue weighted by molar-refractivity contribution is -0.139. The van der Waals surface area contributed by atoms with Crippen molar-refractivity contribution in [1.82, 2.24) is 15.5 Å². The van der Waals surface area contributed by atoms with Gasteiger partial charge in [-0.15, -0.1) is 0 Å². The largest absolute Gasteiger partial charge is 0.362 e. The van der Waals surface area contributed by atoms with Crippen LogP contribution in [0.15, 0.2) is 48.5 Å². The average Bonchev–Trinajstić information content (AvgIpc) is 2.91. The predicted octanol–water partition coefficient (Wildman–Crippen LogP) is 2.39. The van der Waals surface area contributed by atoms with Crippen molar-refractivity contribution in [2.24, 2.45) is 0 Å². The normalized spacial score (nSPS) is 21.5. The van der Waals surface area contributed by atoms with Crippen molar-refractivity contribution in [3.05, 3.63) is 65.5 Å². The SMILES string of the molecule is C[C@@H](C(=O)NCc1ccccc1F)N1CC[C@]2(CCC1=O)NC(=O)c1ccccc1N2. The van der Waals surface area contributed by atoms with Gasteiger partial charge in [-0.3, -0.25) is 14.4 Å². The first-order chi connectivity index (χ1) is 14.9. The van der Waals surface area contributed by atoms with Gasteiger partial charge < -0.3 is 20.9 Å². The molecule has 0 bridgehead atoms. The van der Waals surface area contributed by atoms with E-state index < -0.39 is 11.7 Å². The minimum absolute atomic E-state index is 0.0518. The van der Waals surface area contributed by atoms with Crippen molar-refractivity contribution in [3.8, 4) is 0 Å². The Labute approximate surface area is 180 Å². The van der Waals surface area contributed by atoms with Gasteiger partial charge in [0.25, 0.3) is 5.91 Å². The van der Waals surface area contributed by atoms with Crippen LogP contribution in [0, 0.1) is 5.82 Å². The third-order valence-corrected chi connectivity index (χ3v) is 6.02. The monoisotopic (exact) mass is 424 g/mol. The standard InChI is InChI=1S/C23H25FN4O3/c1-15(21(30)25-14-16-6-2-4-8-18(16)24)28-13-12-23(11-10-20(28)29)26-19-9-5-3-7-17(19)22(31)27-23/h2-9,15,26H,10-14H2,1H3,(H,25,30)(H,27,31)/t15-,23-/m0/s1. The van der Waals surface area contributed by atoms with Crippen LogP contribution < -0.4 is 16.0 Å². The number of hydrogen-bond acceptors (Lipinski definition) is 4. The van der Waals surface area contributed by atoms with Crippen LogP contribution in [0.5, 0.6) is 0 Å². The second-order valence-corrected chi connectivity index (χ2v) is 8.03. The smallest absolute Gasteiger partial charge is 0.255 e. The molecule has 4 rings (SSSR count). The highest BCUT2D eigenvalue weighted by Gasteiger charge is 2.41. The molecule has 3 amide bonds. The molecule has 0 radical (unpaired) electrons. The van der Waals surface area contributed by atoms with Crippen molar-refractivity contribution in [2.45, 2.75) is 44.4 Å². The molecule has 2 aliphatic rings. The van der Waals surface area contributed by atoms with Gasteiger partial charge >= 0.3 is 0 Å². The van der Waals surface area contributed by atoms with Crippen LogP contribution in [-0.2, 0) is 16.1 Å². The van der Waals surface area contributed by atoms with E-state index in [0.29, 0.717) is 30.5 Å². The summed E-state index contributed by atoms with van der Waals surface area (Å²) in [7, 11) is 0. The van der Waals surface area contributed by atoms with E-state index in [1.165, 1.54) is 11.0 Å². The topological polar surface area (TPSA) is 90.5 Å². The molecule has 2 aliphatic heterocycles. The molecule has 1 fully saturated rings. The number of benzene rings is 2. The molecule has 8 heteroatoms. The van der Waals surface area contributed by atoms with Gasteiger partial charge in [0, 0.05) is 37.2 Å². The fraction of sp³-hybridized carbons (Fsp3) is 0.348. The number of nitrogens with one attached hydrogen (secondary N) is 3. The van der Waals surface area contributed by atoms with Gasteiger partial charge in [0.05, 0.1) is 5.56 Å². The van der Waals surface area contributed by atoms with Crippen LogP contribution in [0.4, 0.5) is 10.1 Å². The van der Waals surface area contributed by atoms with Crippen molar-refractivity contribution >= 4 is 23.4 Å². The zero-order valence-corrected chi connectivity index (χ0v) is 17.3. The Bertz CT molecular complexity index is 1030. The van der Waals surface area contributed by atoms with E-state index >= 15 is 0 Å². The van der Waals surface area contributed by atoms with Gasteiger partial charge in [0.2, 0.25) is 11.8 Å². The van der Waals surface area contributed by atoms with Crippen LogP contribution in [0.3, 0.4) is 0 Å². The molecule has 3 N–H and O–H groups in total. The van der Waals surface area contributed by atoms with Crippen LogP contribution in [0.25, 0.3) is 0 Å². The minimum Gasteiger partial charge on any atom is -0.362 e. The number of carbonyl (C=O) groups is 3. The van der Waals surface area contributed by atoms with Gasteiger partial charge in [-0.2, -0.15) is 0 Å². The molecule has 0 aromatic heterocycles. The lowest BCUT2D eigenvalue weighted by Gasteiger charge is -2.40. The third kappa shape index (κ3) is 4.23. The summed E-state index contributed by atoms with van der Waals surface area (Å²) in [5.74, 6) is -1.06. The number of halogens is 1. The molecule has 2 atom stereocenters. The van der Waals surface area contributed by atoms with Gasteiger partial charge in [-0.1, -0.05) is 30.3 Å². The number of nitrogens with zero attached hydrogens (tertiary/aromatic N) is 1. The van der Waals surface area contributed by atoms with Crippen LogP contribution in [0.2, 0.25) is 0 Å². The lowest BCUT2D eigenvalue weighted by atomic mass is 9.95. The minimum atomic E-state index is -0.737. The molecule has 2 aromatic carbocycles. The molecule has 7 nitrogen and oxygen atoms in total. The number of carbonyl (C=O) groups excluding carboxylic acids is 3. The first-order valence-corrected chi connectivity index (χ1v) is 10.4. The summed E-state index contributed by atoms with van der Waals surface area (Å²) in [6.45, 7) is 2.02. The fourth-order valence-electron chi connectivity index (χ4n) is 4.16. The highest BCUT2D eigenvalue weighted by atomic mass is 19.1. The molecule has 0 unspecified atom stereocenters. The Kier molecular flexibility index (Phi) is 5.63. The number of anilines is 1. The van der Waals surface area contributed by atoms with Gasteiger partial charge in [-0.05, 0) is 31.5 Å². The summed E-state index contributed by atoms with van der Waals surface area (Å²) in [5, 5.41) is 9.12. The van der Waals surface area contributed by atoms with E-state index in [0.717, 1.165) is 5.69 Å². The zero-order chi connectivity index (χ0) is 22.0. The van der Waals surface area contributed by atoms with Crippen LogP contribution in [0.1, 0.15) is 42.1 Å². The van der Waals surface area contributed by atoms with Crippen molar-refractivity contribution < 1.29 is 18.8 Å². The maximum atomic E-state index is 13.8. The van der Waals surface area contributed by atoms with Crippen LogP contribution in [-0.4, -0.2) is 40.9 Å². The number of amides is 3. The highest BCUT2D eigenvalue weighted by molar-refractivity contribution is 6.02. The third-order valence-electron chi connectivity index (χ3n) is 6.02. The molecule has 1 saturated heterocycles. The number of hydrogen-bond donors (Lipinski definition) is 3. The van der Waals surface area contributed by atoms with Gasteiger partial charge in [0.15, 0.2) is 0 Å². The van der Waals surface area contributed by atoms with Gasteiger partial charge in [0.1, 0.15) is 17.5 Å². The molecule has 31 heavy (non-hydrogen) atoms. The first-order valence-electron chi connectivity index (χ1n) is 10.4. The quantitative estimate of drug-likeness (QED) is 0.703. The molecule has 0 saturated carbocycles. The van der Waals surface area contributed by atoms with Crippen molar-refractivity contribution in [3.63, 3.8) is 0 Å². The zero-order valence-electron chi connectivity index (χ0n) is 17.3. The number of fused-ring (bicyclic) bond motifs is 1. The van der Waals surface area contributed by atoms with Crippen molar-refractivity contribution in [2.75, 3.05) is 11.9 Å². The highest BCUT2D eigenvalue weighted by Crippen LogP contribution is 2.32. The Morgan fingerprint density at radius 2 is 1.87 bits per heavy atom. The second kappa shape index (κ2) is 8.37. The van der Waals surface area contributed by atoms with E-state index in [2.05, 4.69) is 16.0 Å². The number of rotatable bonds is 4. The summed E-state index contributed by atoms with van der Waals surface area (Å²) < 4.78 is 13.8. The second-order valence-electron chi connectivity index (χ2n) is 8.03. The lowest BCUT2D eigenvalue weighted by Crippen LogP contribution is -2.58. The van der Waals surface area contributed by atoms with E-state index in [1.807, 2.05) is 12.1 Å². The molecule has 2 heterocycles. The molecule has 162 valence electrons. The molecular weight excluding hydrogens is 399 g/mol. The Morgan fingerprint density at radius 1 is 1.13 bits per heavy atom. The van der Waals surface area contributed by atoms with E-state index in [9.17, 15) is 18.8 Å². The van der Waals surface area contributed by atoms with Gasteiger partial charge in [-0.25, -0.2) is 4.39 Å². The molecule has 1 spiro atoms. The summed E-state index contributed by atoms with van der Waals surface area (Å²) in [4.78, 5) is 39.5. The van der Waals surface area contributed by atoms with E-state index in [4.69, 9.17) is 0 Å². The number of likely N-dealkylation sites (tertiary alicyclic amines) is 1. The maximum Gasteiger partial charge on any atom is 0.255 e. The first kappa shape index (κ1) is 20.8. The summed E-state index contributed by atoms with van der Waals surface area (Å²) in [6.07, 6.45) is 1.08. The summed E-state index contributed by atoms with van der Waals surface area (Å²) >= 11 is 0. The maximum absolute atomic E-state index is 13.8. The van der Waals surface area contributed by atoms with Crippen molar-refractivity contribution in [1.29, 1.82) is 0 Å². The summed E-state index contributed by atoms with van der Waals surface area (Å²) in [6, 6.07) is 12.8. The molecule has 2 aromatic rings. The Balaban J connectivity index is 1.43. The van der Waals surface area contributed by atoms with Crippen LogP contribution >= 0.6 is 0 Å². The average molecular weight is 424 g/mol. The van der Waals surface area contributed by atoms with E-state index in [1.54, 1.807) is 37.3 Å². The predicted molar refractivity (Wildman–Crippen MR) is 114 cm³/mol. The fourth-order valence-corrected chi connectivity index (χ4v) is 4.16. The Morgan fingerprint density at radius 3 is 2.68 bits per heavy atom. The molecule has 0 aliphatic carbocycles. The number of para-hydroxylation sites is 1. The van der Waals surface area contributed by atoms with E-state index in [-0.39, 0.29) is 36.5 Å². The molecular formula is C23H25FN4O3. The summed E-state index contributed by atoms with van der Waals surface area (Å²) in [5.41, 5.74) is 0.959.